The Hall–Kier alpha value is -2.29. The van der Waals surface area contributed by atoms with E-state index >= 15 is 0 Å². The van der Waals surface area contributed by atoms with Gasteiger partial charge in [-0.25, -0.2) is 0 Å². The van der Waals surface area contributed by atoms with E-state index in [-0.39, 0.29) is 5.91 Å². The van der Waals surface area contributed by atoms with Crippen molar-refractivity contribution in [2.75, 3.05) is 12.4 Å². The van der Waals surface area contributed by atoms with Crippen molar-refractivity contribution in [1.29, 1.82) is 0 Å². The van der Waals surface area contributed by atoms with Gasteiger partial charge in [-0.1, -0.05) is 29.8 Å². The van der Waals surface area contributed by atoms with Crippen molar-refractivity contribution in [3.8, 4) is 0 Å². The molecule has 3 nitrogen and oxygen atoms in total. The number of rotatable bonds is 3. The summed E-state index contributed by atoms with van der Waals surface area (Å²) in [7, 11) is 1.57. The molecular weight excluding hydrogens is 238 g/mol. The van der Waals surface area contributed by atoms with Crippen LogP contribution in [-0.2, 0) is 9.53 Å². The summed E-state index contributed by atoms with van der Waals surface area (Å²) in [6, 6.07) is 7.70. The first kappa shape index (κ1) is 13.1. The highest BCUT2D eigenvalue weighted by molar-refractivity contribution is 6.06. The Labute approximate surface area is 113 Å². The largest absolute Gasteiger partial charge is 0.496 e. The van der Waals surface area contributed by atoms with E-state index in [2.05, 4.69) is 5.32 Å². The van der Waals surface area contributed by atoms with Crippen LogP contribution in [-0.4, -0.2) is 13.0 Å². The second-order valence-electron chi connectivity index (χ2n) is 4.34. The summed E-state index contributed by atoms with van der Waals surface area (Å²) < 4.78 is 5.24. The SMILES string of the molecule is COC1=C(C(=O)Nc2ccc(C)cc2)C=CCC=C1. The lowest BCUT2D eigenvalue weighted by Crippen LogP contribution is -2.15. The summed E-state index contributed by atoms with van der Waals surface area (Å²) in [6.45, 7) is 2.01. The fourth-order valence-corrected chi connectivity index (χ4v) is 1.81. The van der Waals surface area contributed by atoms with Crippen LogP contribution in [0.2, 0.25) is 0 Å². The van der Waals surface area contributed by atoms with Crippen LogP contribution in [0.15, 0.2) is 59.9 Å². The molecule has 1 aliphatic carbocycles. The number of nitrogens with one attached hydrogen (secondary N) is 1. The normalized spacial score (nSPS) is 14.2. The van der Waals surface area contributed by atoms with Crippen LogP contribution in [0.3, 0.4) is 0 Å². The van der Waals surface area contributed by atoms with E-state index in [4.69, 9.17) is 4.74 Å². The lowest BCUT2D eigenvalue weighted by molar-refractivity contribution is -0.112. The molecule has 0 spiro atoms. The minimum Gasteiger partial charge on any atom is -0.496 e. The monoisotopic (exact) mass is 255 g/mol. The van der Waals surface area contributed by atoms with E-state index < -0.39 is 0 Å². The third-order valence-electron chi connectivity index (χ3n) is 2.87. The van der Waals surface area contributed by atoms with Crippen molar-refractivity contribution in [2.24, 2.45) is 0 Å². The number of amides is 1. The number of carbonyl (C=O) groups is 1. The maximum absolute atomic E-state index is 12.2. The van der Waals surface area contributed by atoms with Crippen LogP contribution >= 0.6 is 0 Å². The van der Waals surface area contributed by atoms with E-state index in [1.807, 2.05) is 49.4 Å². The van der Waals surface area contributed by atoms with Gasteiger partial charge >= 0.3 is 0 Å². The Kier molecular flexibility index (Phi) is 4.18. The predicted octanol–water partition coefficient (Wildman–Crippen LogP) is 3.35. The van der Waals surface area contributed by atoms with Gasteiger partial charge in [0.25, 0.3) is 5.91 Å². The predicted molar refractivity (Wildman–Crippen MR) is 76.7 cm³/mol. The number of allylic oxidation sites excluding steroid dienone is 3. The van der Waals surface area contributed by atoms with Crippen molar-refractivity contribution in [1.82, 2.24) is 0 Å². The zero-order chi connectivity index (χ0) is 13.7. The van der Waals surface area contributed by atoms with E-state index in [1.165, 1.54) is 0 Å². The molecule has 2 rings (SSSR count). The number of methoxy groups -OCH3 is 1. The van der Waals surface area contributed by atoms with Crippen molar-refractivity contribution < 1.29 is 9.53 Å². The molecule has 0 heterocycles. The first-order valence-electron chi connectivity index (χ1n) is 6.20. The molecule has 0 atom stereocenters. The number of carbonyl (C=O) groups excluding carboxylic acids is 1. The van der Waals surface area contributed by atoms with Gasteiger partial charge in [-0.2, -0.15) is 0 Å². The van der Waals surface area contributed by atoms with E-state index in [9.17, 15) is 4.79 Å². The molecule has 3 heteroatoms. The van der Waals surface area contributed by atoms with Gasteiger partial charge in [-0.3, -0.25) is 4.79 Å². The number of anilines is 1. The molecule has 0 saturated carbocycles. The highest BCUT2D eigenvalue weighted by atomic mass is 16.5. The Bertz CT molecular complexity index is 551. The molecule has 0 aliphatic heterocycles. The molecule has 1 N–H and O–H groups in total. The number of hydrogen-bond acceptors (Lipinski definition) is 2. The first-order valence-corrected chi connectivity index (χ1v) is 6.20. The smallest absolute Gasteiger partial charge is 0.259 e. The molecule has 0 bridgehead atoms. The summed E-state index contributed by atoms with van der Waals surface area (Å²) in [6.07, 6.45) is 8.31. The molecule has 19 heavy (non-hydrogen) atoms. The summed E-state index contributed by atoms with van der Waals surface area (Å²) in [4.78, 5) is 12.2. The lowest BCUT2D eigenvalue weighted by atomic mass is 10.1. The topological polar surface area (TPSA) is 38.3 Å². The van der Waals surface area contributed by atoms with Crippen molar-refractivity contribution in [3.05, 3.63) is 65.5 Å². The molecule has 0 saturated heterocycles. The minimum atomic E-state index is -0.163. The molecule has 0 unspecified atom stereocenters. The number of ether oxygens (including phenoxy) is 1. The Balaban J connectivity index is 2.21. The highest BCUT2D eigenvalue weighted by Gasteiger charge is 2.13. The van der Waals surface area contributed by atoms with Gasteiger partial charge in [0.2, 0.25) is 0 Å². The molecule has 0 radical (unpaired) electrons. The van der Waals surface area contributed by atoms with E-state index in [0.717, 1.165) is 17.7 Å². The zero-order valence-corrected chi connectivity index (χ0v) is 11.1. The van der Waals surface area contributed by atoms with Gasteiger partial charge in [-0.15, -0.1) is 0 Å². The third kappa shape index (κ3) is 3.35. The zero-order valence-electron chi connectivity index (χ0n) is 11.1. The van der Waals surface area contributed by atoms with Gasteiger partial charge in [0.15, 0.2) is 0 Å². The molecule has 98 valence electrons. The van der Waals surface area contributed by atoms with Crippen molar-refractivity contribution in [2.45, 2.75) is 13.3 Å². The lowest BCUT2D eigenvalue weighted by Gasteiger charge is -2.09. The highest BCUT2D eigenvalue weighted by Crippen LogP contribution is 2.17. The first-order chi connectivity index (χ1) is 9.20. The minimum absolute atomic E-state index is 0.163. The standard InChI is InChI=1S/C16H17NO2/c1-12-8-10-13(11-9-12)17-16(18)14-6-4-3-5-7-15(14)19-2/h4-11H,3H2,1-2H3,(H,17,18). The fraction of sp³-hybridized carbons (Fsp3) is 0.188. The van der Waals surface area contributed by atoms with Crippen LogP contribution in [0.25, 0.3) is 0 Å². The van der Waals surface area contributed by atoms with Crippen LogP contribution in [0, 0.1) is 6.92 Å². The summed E-state index contributed by atoms with van der Waals surface area (Å²) >= 11 is 0. The fourth-order valence-electron chi connectivity index (χ4n) is 1.81. The maximum Gasteiger partial charge on any atom is 0.259 e. The molecule has 0 aromatic heterocycles. The van der Waals surface area contributed by atoms with Crippen LogP contribution in [0.5, 0.6) is 0 Å². The van der Waals surface area contributed by atoms with E-state index in [0.29, 0.717) is 11.3 Å². The van der Waals surface area contributed by atoms with E-state index in [1.54, 1.807) is 13.2 Å². The van der Waals surface area contributed by atoms with Gasteiger partial charge in [-0.05, 0) is 37.6 Å². The van der Waals surface area contributed by atoms with Gasteiger partial charge in [0.1, 0.15) is 5.76 Å². The Morgan fingerprint density at radius 3 is 2.53 bits per heavy atom. The number of benzene rings is 1. The average molecular weight is 255 g/mol. The Morgan fingerprint density at radius 2 is 1.84 bits per heavy atom. The summed E-state index contributed by atoms with van der Waals surface area (Å²) in [5.41, 5.74) is 2.48. The van der Waals surface area contributed by atoms with Crippen LogP contribution < -0.4 is 5.32 Å². The number of hydrogen-bond donors (Lipinski definition) is 1. The summed E-state index contributed by atoms with van der Waals surface area (Å²) in [5, 5.41) is 2.87. The second kappa shape index (κ2) is 6.05. The Morgan fingerprint density at radius 1 is 1.16 bits per heavy atom. The molecule has 1 aromatic rings. The van der Waals surface area contributed by atoms with Crippen LogP contribution in [0.1, 0.15) is 12.0 Å². The third-order valence-corrected chi connectivity index (χ3v) is 2.87. The quantitative estimate of drug-likeness (QED) is 0.899. The van der Waals surface area contributed by atoms with Gasteiger partial charge in [0, 0.05) is 5.69 Å². The molecule has 1 aliphatic rings. The molecule has 1 amide bonds. The molecular formula is C16H17NO2. The molecule has 0 fully saturated rings. The van der Waals surface area contributed by atoms with Crippen molar-refractivity contribution >= 4 is 11.6 Å². The van der Waals surface area contributed by atoms with Crippen LogP contribution in [0.4, 0.5) is 5.69 Å². The maximum atomic E-state index is 12.2. The molecule has 1 aromatic carbocycles. The van der Waals surface area contributed by atoms with Gasteiger partial charge in [0.05, 0.1) is 12.7 Å². The number of aryl methyl sites for hydroxylation is 1. The van der Waals surface area contributed by atoms with Gasteiger partial charge < -0.3 is 10.1 Å². The summed E-state index contributed by atoms with van der Waals surface area (Å²) in [5.74, 6) is 0.418. The average Bonchev–Trinajstić information content (AvgIpc) is 2.66. The second-order valence-corrected chi connectivity index (χ2v) is 4.34. The van der Waals surface area contributed by atoms with Crippen molar-refractivity contribution in [3.63, 3.8) is 0 Å².